The number of carboxylic acid groups (broad SMARTS) is 1. The van der Waals surface area contributed by atoms with Gasteiger partial charge in [-0.15, -0.1) is 0 Å². The van der Waals surface area contributed by atoms with E-state index in [1.54, 1.807) is 0 Å². The minimum absolute atomic E-state index is 0.0248. The van der Waals surface area contributed by atoms with Gasteiger partial charge < -0.3 is 5.11 Å². The predicted molar refractivity (Wildman–Crippen MR) is 175 cm³/mol. The van der Waals surface area contributed by atoms with Crippen molar-refractivity contribution in [3.8, 4) is 0 Å². The fraction of sp³-hybridized carbons (Fsp3) is 0.417. The average Bonchev–Trinajstić information content (AvgIpc) is 3.49. The molecule has 6 nitrogen and oxygen atoms in total. The second-order valence-corrected chi connectivity index (χ2v) is 13.6. The molecule has 0 radical (unpaired) electrons. The number of allylic oxidation sites excluding steroid dienone is 3. The first-order valence-corrected chi connectivity index (χ1v) is 17.2. The van der Waals surface area contributed by atoms with Gasteiger partial charge in [-0.3, -0.25) is 4.79 Å². The van der Waals surface area contributed by atoms with Gasteiger partial charge in [0.05, 0.1) is 0 Å². The van der Waals surface area contributed by atoms with Gasteiger partial charge in [-0.05, 0) is 77.5 Å². The molecule has 0 saturated heterocycles. The van der Waals surface area contributed by atoms with Crippen LogP contribution in [-0.2, 0) is 15.0 Å². The summed E-state index contributed by atoms with van der Waals surface area (Å²) in [6.07, 6.45) is 10.8. The molecule has 0 heterocycles. The topological polar surface area (TPSA) is 109 Å². The summed E-state index contributed by atoms with van der Waals surface area (Å²) in [5.41, 5.74) is 5.69. The Morgan fingerprint density at radius 3 is 2.28 bits per heavy atom. The van der Waals surface area contributed by atoms with Crippen LogP contribution in [-0.4, -0.2) is 25.5 Å². The standard InChI is InChI=1S/C36H44N2O4S/c1-26(30-21-14-19-27-15-12-13-20-31(27)30)36-24-23-33(38-43(37,41)42)32(36)25-29(35(36)28-16-9-7-10-17-28)18-8-5-3-2-4-6-11-22-34(39)40/h7,9-10,12-17,19-21,32-33,38H,1-6,8,11,18,22-25H2,(H,39,40)(H2,37,41,42). The van der Waals surface area contributed by atoms with E-state index < -0.39 is 21.6 Å². The molecule has 3 aromatic carbocycles. The maximum atomic E-state index is 12.3. The van der Waals surface area contributed by atoms with Gasteiger partial charge in [-0.2, -0.15) is 13.1 Å². The van der Waals surface area contributed by atoms with Crippen LogP contribution in [0.3, 0.4) is 0 Å². The Morgan fingerprint density at radius 2 is 1.56 bits per heavy atom. The fourth-order valence-corrected chi connectivity index (χ4v) is 8.53. The highest BCUT2D eigenvalue weighted by atomic mass is 32.2. The van der Waals surface area contributed by atoms with E-state index in [0.29, 0.717) is 6.42 Å². The van der Waals surface area contributed by atoms with Crippen molar-refractivity contribution in [3.63, 3.8) is 0 Å². The molecule has 1 fully saturated rings. The van der Waals surface area contributed by atoms with Gasteiger partial charge in [0, 0.05) is 17.9 Å². The monoisotopic (exact) mass is 600 g/mol. The van der Waals surface area contributed by atoms with Crippen molar-refractivity contribution >= 4 is 38.1 Å². The summed E-state index contributed by atoms with van der Waals surface area (Å²) in [5, 5.41) is 16.7. The van der Waals surface area contributed by atoms with Crippen LogP contribution in [0.4, 0.5) is 0 Å². The second-order valence-electron chi connectivity index (χ2n) is 12.3. The molecule has 0 aromatic heterocycles. The van der Waals surface area contributed by atoms with Gasteiger partial charge in [0.1, 0.15) is 0 Å². The van der Waals surface area contributed by atoms with Crippen LogP contribution in [0.15, 0.2) is 84.9 Å². The number of carbonyl (C=O) groups is 1. The quantitative estimate of drug-likeness (QED) is 0.154. The number of carboxylic acids is 1. The van der Waals surface area contributed by atoms with Crippen molar-refractivity contribution < 1.29 is 18.3 Å². The molecule has 3 unspecified atom stereocenters. The van der Waals surface area contributed by atoms with Crippen molar-refractivity contribution in [2.75, 3.05) is 0 Å². The third-order valence-electron chi connectivity index (χ3n) is 9.63. The maximum Gasteiger partial charge on any atom is 0.303 e. The Labute approximate surface area is 256 Å². The predicted octanol–water partition coefficient (Wildman–Crippen LogP) is 7.86. The van der Waals surface area contributed by atoms with Crippen molar-refractivity contribution in [1.29, 1.82) is 0 Å². The van der Waals surface area contributed by atoms with E-state index in [0.717, 1.165) is 86.1 Å². The molecular formula is C36H44N2O4S. The largest absolute Gasteiger partial charge is 0.481 e. The van der Waals surface area contributed by atoms with Crippen LogP contribution in [0.5, 0.6) is 0 Å². The number of hydrogen-bond acceptors (Lipinski definition) is 3. The molecular weight excluding hydrogens is 556 g/mol. The maximum absolute atomic E-state index is 12.3. The molecule has 7 heteroatoms. The Hall–Kier alpha value is -3.26. The first kappa shape index (κ1) is 31.2. The zero-order valence-electron chi connectivity index (χ0n) is 24.9. The molecule has 0 amide bonds. The Kier molecular flexibility index (Phi) is 9.85. The normalized spacial score (nSPS) is 21.8. The van der Waals surface area contributed by atoms with Crippen molar-refractivity contribution in [1.82, 2.24) is 4.72 Å². The number of hydrogen-bond donors (Lipinski definition) is 3. The molecule has 0 aliphatic heterocycles. The van der Waals surface area contributed by atoms with Crippen LogP contribution in [0, 0.1) is 11.3 Å². The second kappa shape index (κ2) is 13.6. The number of aliphatic carboxylic acids is 1. The lowest BCUT2D eigenvalue weighted by atomic mass is 9.66. The van der Waals surface area contributed by atoms with Gasteiger partial charge >= 0.3 is 5.97 Å². The molecule has 3 atom stereocenters. The number of nitrogens with one attached hydrogen (secondary N) is 1. The van der Waals surface area contributed by atoms with E-state index in [9.17, 15) is 13.2 Å². The molecule has 1 saturated carbocycles. The zero-order valence-corrected chi connectivity index (χ0v) is 25.7. The summed E-state index contributed by atoms with van der Waals surface area (Å²) in [4.78, 5) is 10.7. The lowest BCUT2D eigenvalue weighted by Crippen LogP contribution is -2.43. The Bertz CT molecular complexity index is 1590. The number of nitrogens with two attached hydrogens (primary N) is 1. The molecule has 0 bridgehead atoms. The zero-order chi connectivity index (χ0) is 30.5. The first-order valence-electron chi connectivity index (χ1n) is 15.7. The molecule has 0 spiro atoms. The molecule has 3 aromatic rings. The summed E-state index contributed by atoms with van der Waals surface area (Å²) in [6.45, 7) is 4.81. The van der Waals surface area contributed by atoms with Gasteiger partial charge in [-0.1, -0.05) is 117 Å². The molecule has 4 N–H and O–H groups in total. The van der Waals surface area contributed by atoms with Gasteiger partial charge in [0.2, 0.25) is 0 Å². The van der Waals surface area contributed by atoms with Crippen molar-refractivity contribution in [2.45, 2.75) is 83.1 Å². The minimum Gasteiger partial charge on any atom is -0.481 e. The Balaban J connectivity index is 1.46. The van der Waals surface area contributed by atoms with E-state index in [1.807, 2.05) is 6.07 Å². The molecule has 228 valence electrons. The number of fused-ring (bicyclic) bond motifs is 2. The van der Waals surface area contributed by atoms with Crippen LogP contribution >= 0.6 is 0 Å². The minimum atomic E-state index is -3.87. The highest BCUT2D eigenvalue weighted by Gasteiger charge is 2.57. The first-order chi connectivity index (χ1) is 20.7. The fourth-order valence-electron chi connectivity index (χ4n) is 7.82. The number of benzene rings is 3. The number of rotatable bonds is 15. The van der Waals surface area contributed by atoms with Gasteiger partial charge in [-0.25, -0.2) is 5.14 Å². The van der Waals surface area contributed by atoms with E-state index >= 15 is 0 Å². The summed E-state index contributed by atoms with van der Waals surface area (Å²) < 4.78 is 27.4. The van der Waals surface area contributed by atoms with Crippen molar-refractivity contribution in [3.05, 3.63) is 96.1 Å². The van der Waals surface area contributed by atoms with Crippen LogP contribution < -0.4 is 9.86 Å². The summed E-state index contributed by atoms with van der Waals surface area (Å²) in [5.74, 6) is -0.692. The van der Waals surface area contributed by atoms with Gasteiger partial charge in [0.25, 0.3) is 10.2 Å². The molecule has 5 rings (SSSR count). The molecule has 2 aliphatic carbocycles. The average molecular weight is 601 g/mol. The van der Waals surface area contributed by atoms with E-state index in [1.165, 1.54) is 16.7 Å². The summed E-state index contributed by atoms with van der Waals surface area (Å²) >= 11 is 0. The highest BCUT2D eigenvalue weighted by molar-refractivity contribution is 7.87. The molecule has 2 aliphatic rings. The lowest BCUT2D eigenvalue weighted by Gasteiger charge is -2.38. The van der Waals surface area contributed by atoms with E-state index in [2.05, 4.69) is 71.5 Å². The third-order valence-corrected chi connectivity index (χ3v) is 10.3. The summed E-state index contributed by atoms with van der Waals surface area (Å²) in [7, 11) is -3.87. The SMILES string of the molecule is C=C(c1cccc2ccccc12)C12CCC(NS(N)(=O)=O)C1CC(CCCCCCCCCC(=O)O)=C2c1ccccc1. The van der Waals surface area contributed by atoms with E-state index in [-0.39, 0.29) is 18.4 Å². The van der Waals surface area contributed by atoms with Gasteiger partial charge in [0.15, 0.2) is 0 Å². The van der Waals surface area contributed by atoms with Crippen molar-refractivity contribution in [2.24, 2.45) is 16.5 Å². The lowest BCUT2D eigenvalue weighted by molar-refractivity contribution is -0.137. The summed E-state index contributed by atoms with van der Waals surface area (Å²) in [6, 6.07) is 25.1. The third kappa shape index (κ3) is 6.95. The van der Waals surface area contributed by atoms with Crippen LogP contribution in [0.2, 0.25) is 0 Å². The van der Waals surface area contributed by atoms with E-state index in [4.69, 9.17) is 16.8 Å². The molecule has 43 heavy (non-hydrogen) atoms. The van der Waals surface area contributed by atoms with Crippen LogP contribution in [0.25, 0.3) is 21.9 Å². The Morgan fingerprint density at radius 1 is 0.907 bits per heavy atom. The van der Waals surface area contributed by atoms with Crippen LogP contribution in [0.1, 0.15) is 88.2 Å². The number of unbranched alkanes of at least 4 members (excludes halogenated alkanes) is 6. The smallest absolute Gasteiger partial charge is 0.303 e. The highest BCUT2D eigenvalue weighted by Crippen LogP contribution is 2.66.